The molecule has 1 aromatic rings. The number of hydrogen-bond acceptors (Lipinski definition) is 3. The molecular weight excluding hydrogens is 170 g/mol. The van der Waals surface area contributed by atoms with Crippen LogP contribution in [0.2, 0.25) is 0 Å². The Kier molecular flexibility index (Phi) is 3.61. The van der Waals surface area contributed by atoms with Crippen LogP contribution in [0.5, 0.6) is 0 Å². The Morgan fingerprint density at radius 3 is 3.08 bits per heavy atom. The van der Waals surface area contributed by atoms with Crippen LogP contribution in [0.25, 0.3) is 0 Å². The number of methoxy groups -OCH3 is 1. The highest BCUT2D eigenvalue weighted by Gasteiger charge is 1.92. The van der Waals surface area contributed by atoms with E-state index in [1.807, 2.05) is 24.3 Å². The monoisotopic (exact) mass is 179 g/mol. The molecule has 2 nitrogen and oxygen atoms in total. The number of thiocarbonyl (C=S) groups is 1. The average molecular weight is 179 g/mol. The van der Waals surface area contributed by atoms with Crippen LogP contribution in [0.15, 0.2) is 29.3 Å². The molecule has 1 aromatic carbocycles. The highest BCUT2D eigenvalue weighted by molar-refractivity contribution is 7.78. The van der Waals surface area contributed by atoms with E-state index in [1.54, 1.807) is 7.11 Å². The lowest BCUT2D eigenvalue weighted by molar-refractivity contribution is 0.185. The zero-order valence-corrected chi connectivity index (χ0v) is 7.60. The number of isothiocyanates is 1. The maximum atomic E-state index is 4.97. The van der Waals surface area contributed by atoms with E-state index in [2.05, 4.69) is 22.4 Å². The van der Waals surface area contributed by atoms with E-state index in [0.29, 0.717) is 6.61 Å². The maximum absolute atomic E-state index is 4.97. The predicted molar refractivity (Wildman–Crippen MR) is 51.8 cm³/mol. The van der Waals surface area contributed by atoms with Gasteiger partial charge in [0.25, 0.3) is 0 Å². The van der Waals surface area contributed by atoms with Crippen LogP contribution in [0, 0.1) is 0 Å². The normalized spacial score (nSPS) is 9.08. The van der Waals surface area contributed by atoms with Gasteiger partial charge in [0.2, 0.25) is 0 Å². The lowest BCUT2D eigenvalue weighted by atomic mass is 10.2. The van der Waals surface area contributed by atoms with Crippen LogP contribution in [-0.2, 0) is 11.3 Å². The molecule has 12 heavy (non-hydrogen) atoms. The van der Waals surface area contributed by atoms with Gasteiger partial charge in [-0.15, -0.1) is 0 Å². The first-order valence-electron chi connectivity index (χ1n) is 3.52. The van der Waals surface area contributed by atoms with Crippen LogP contribution in [-0.4, -0.2) is 12.3 Å². The number of aliphatic imine (C=N–C) groups is 1. The zero-order valence-electron chi connectivity index (χ0n) is 6.78. The molecule has 0 aliphatic carbocycles. The molecule has 3 heteroatoms. The van der Waals surface area contributed by atoms with Crippen LogP contribution in [0.4, 0.5) is 5.69 Å². The van der Waals surface area contributed by atoms with Crippen molar-refractivity contribution in [1.82, 2.24) is 0 Å². The Morgan fingerprint density at radius 1 is 1.58 bits per heavy atom. The molecular formula is C9H9NOS. The smallest absolute Gasteiger partial charge is 0.0743 e. The van der Waals surface area contributed by atoms with Crippen molar-refractivity contribution in [1.29, 1.82) is 0 Å². The largest absolute Gasteiger partial charge is 0.380 e. The average Bonchev–Trinajstić information content (AvgIpc) is 2.06. The molecule has 1 rings (SSSR count). The van der Waals surface area contributed by atoms with E-state index in [0.717, 1.165) is 11.3 Å². The lowest BCUT2D eigenvalue weighted by Gasteiger charge is -1.98. The van der Waals surface area contributed by atoms with Crippen LogP contribution in [0.3, 0.4) is 0 Å². The molecule has 0 fully saturated rings. The van der Waals surface area contributed by atoms with Gasteiger partial charge in [-0.3, -0.25) is 0 Å². The highest BCUT2D eigenvalue weighted by atomic mass is 32.1. The quantitative estimate of drug-likeness (QED) is 0.525. The summed E-state index contributed by atoms with van der Waals surface area (Å²) in [5.41, 5.74) is 1.91. The molecule has 0 amide bonds. The molecule has 62 valence electrons. The Morgan fingerprint density at radius 2 is 2.42 bits per heavy atom. The Hall–Kier alpha value is -1.02. The lowest BCUT2D eigenvalue weighted by Crippen LogP contribution is -1.85. The van der Waals surface area contributed by atoms with E-state index in [4.69, 9.17) is 4.74 Å². The summed E-state index contributed by atoms with van der Waals surface area (Å²) in [6.45, 7) is 0.598. The van der Waals surface area contributed by atoms with Crippen LogP contribution < -0.4 is 0 Å². The molecule has 0 aliphatic heterocycles. The third-order valence-electron chi connectivity index (χ3n) is 1.40. The summed E-state index contributed by atoms with van der Waals surface area (Å²) in [6.07, 6.45) is 0. The van der Waals surface area contributed by atoms with Gasteiger partial charge in [-0.05, 0) is 29.9 Å². The van der Waals surface area contributed by atoms with E-state index in [-0.39, 0.29) is 0 Å². The van der Waals surface area contributed by atoms with Crippen molar-refractivity contribution in [3.63, 3.8) is 0 Å². The number of ether oxygens (including phenoxy) is 1. The Labute approximate surface area is 76.9 Å². The fourth-order valence-electron chi connectivity index (χ4n) is 0.935. The zero-order chi connectivity index (χ0) is 8.81. The summed E-state index contributed by atoms with van der Waals surface area (Å²) < 4.78 is 4.97. The molecule has 0 aromatic heterocycles. The fraction of sp³-hybridized carbons (Fsp3) is 0.222. The third-order valence-corrected chi connectivity index (χ3v) is 1.49. The molecule has 0 unspecified atom stereocenters. The molecule has 0 radical (unpaired) electrons. The standard InChI is InChI=1S/C9H9NOS/c1-11-6-8-3-2-4-9(5-8)10-7-12/h2-5H,6H2,1H3. The van der Waals surface area contributed by atoms with Gasteiger partial charge in [0.1, 0.15) is 0 Å². The summed E-state index contributed by atoms with van der Waals surface area (Å²) >= 11 is 4.49. The van der Waals surface area contributed by atoms with Gasteiger partial charge in [0, 0.05) is 7.11 Å². The van der Waals surface area contributed by atoms with Gasteiger partial charge < -0.3 is 4.74 Å². The second-order valence-corrected chi connectivity index (χ2v) is 2.49. The van der Waals surface area contributed by atoms with Gasteiger partial charge in [0.15, 0.2) is 0 Å². The van der Waals surface area contributed by atoms with Crippen molar-refractivity contribution in [3.8, 4) is 0 Å². The molecule has 0 spiro atoms. The number of nitrogens with zero attached hydrogens (tertiary/aromatic N) is 1. The summed E-state index contributed by atoms with van der Waals surface area (Å²) in [6, 6.07) is 7.69. The summed E-state index contributed by atoms with van der Waals surface area (Å²) in [7, 11) is 1.66. The highest BCUT2D eigenvalue weighted by Crippen LogP contribution is 2.13. The maximum Gasteiger partial charge on any atom is 0.0743 e. The number of hydrogen-bond donors (Lipinski definition) is 0. The molecule has 0 aliphatic rings. The van der Waals surface area contributed by atoms with Crippen molar-refractivity contribution in [2.45, 2.75) is 6.61 Å². The number of rotatable bonds is 3. The second-order valence-electron chi connectivity index (χ2n) is 2.31. The minimum Gasteiger partial charge on any atom is -0.380 e. The minimum atomic E-state index is 0.598. The first-order valence-corrected chi connectivity index (χ1v) is 3.93. The second kappa shape index (κ2) is 4.78. The van der Waals surface area contributed by atoms with Gasteiger partial charge in [0.05, 0.1) is 17.5 Å². The van der Waals surface area contributed by atoms with Gasteiger partial charge in [-0.25, -0.2) is 0 Å². The summed E-state index contributed by atoms with van der Waals surface area (Å²) in [5.74, 6) is 0. The third kappa shape index (κ3) is 2.55. The number of benzene rings is 1. The van der Waals surface area contributed by atoms with Crippen molar-refractivity contribution >= 4 is 23.1 Å². The van der Waals surface area contributed by atoms with Crippen LogP contribution in [0.1, 0.15) is 5.56 Å². The topological polar surface area (TPSA) is 21.6 Å². The molecule has 0 heterocycles. The molecule has 0 saturated heterocycles. The first-order chi connectivity index (χ1) is 5.86. The summed E-state index contributed by atoms with van der Waals surface area (Å²) in [4.78, 5) is 3.86. The fourth-order valence-corrected chi connectivity index (χ4v) is 1.04. The van der Waals surface area contributed by atoms with Crippen molar-refractivity contribution < 1.29 is 4.74 Å². The van der Waals surface area contributed by atoms with E-state index >= 15 is 0 Å². The molecule has 0 saturated carbocycles. The first kappa shape index (κ1) is 9.07. The molecule has 0 N–H and O–H groups in total. The SMILES string of the molecule is COCc1cccc(N=C=S)c1. The molecule has 0 atom stereocenters. The van der Waals surface area contributed by atoms with Gasteiger partial charge in [-0.1, -0.05) is 12.1 Å². The Bertz CT molecular complexity index is 305. The van der Waals surface area contributed by atoms with Crippen molar-refractivity contribution in [2.24, 2.45) is 4.99 Å². The van der Waals surface area contributed by atoms with E-state index in [9.17, 15) is 0 Å². The molecule has 0 bridgehead atoms. The van der Waals surface area contributed by atoms with Crippen molar-refractivity contribution in [2.75, 3.05) is 7.11 Å². The van der Waals surface area contributed by atoms with Crippen molar-refractivity contribution in [3.05, 3.63) is 29.8 Å². The Balaban J connectivity index is 2.87. The van der Waals surface area contributed by atoms with E-state index < -0.39 is 0 Å². The summed E-state index contributed by atoms with van der Waals surface area (Å²) in [5, 5.41) is 2.32. The van der Waals surface area contributed by atoms with E-state index in [1.165, 1.54) is 0 Å². The minimum absolute atomic E-state index is 0.598. The predicted octanol–water partition coefficient (Wildman–Crippen LogP) is 2.57. The van der Waals surface area contributed by atoms with Gasteiger partial charge in [-0.2, -0.15) is 4.99 Å². The van der Waals surface area contributed by atoms with Gasteiger partial charge >= 0.3 is 0 Å². The van der Waals surface area contributed by atoms with Crippen LogP contribution >= 0.6 is 12.2 Å².